The van der Waals surface area contributed by atoms with E-state index in [1.54, 1.807) is 12.1 Å². The third-order valence-electron chi connectivity index (χ3n) is 4.03. The fraction of sp³-hybridized carbons (Fsp3) is 0.400. The van der Waals surface area contributed by atoms with Gasteiger partial charge in [0.05, 0.1) is 6.61 Å². The van der Waals surface area contributed by atoms with Crippen molar-refractivity contribution in [3.05, 3.63) is 59.7 Å². The maximum atomic E-state index is 13.0. The molecule has 1 atom stereocenters. The molecule has 1 N–H and O–H groups in total. The number of ether oxygens (including phenoxy) is 1. The Morgan fingerprint density at radius 1 is 1.08 bits per heavy atom. The number of rotatable bonds is 6. The summed E-state index contributed by atoms with van der Waals surface area (Å²) in [5.74, 6) is 0.378. The predicted molar refractivity (Wildman–Crippen MR) is 101 cm³/mol. The molecule has 136 valence electrons. The van der Waals surface area contributed by atoms with Crippen molar-refractivity contribution in [3.63, 3.8) is 0 Å². The summed E-state index contributed by atoms with van der Waals surface area (Å²) in [7, 11) is -3.72. The van der Waals surface area contributed by atoms with E-state index >= 15 is 0 Å². The number of hydrogen-bond donors (Lipinski definition) is 1. The molecule has 0 unspecified atom stereocenters. The van der Waals surface area contributed by atoms with E-state index in [0.717, 1.165) is 11.1 Å². The van der Waals surface area contributed by atoms with Gasteiger partial charge >= 0.3 is 0 Å². The summed E-state index contributed by atoms with van der Waals surface area (Å²) >= 11 is 0. The Hall–Kier alpha value is -1.85. The van der Waals surface area contributed by atoms with Gasteiger partial charge in [0, 0.05) is 6.04 Å². The van der Waals surface area contributed by atoms with E-state index in [1.807, 2.05) is 50.2 Å². The fourth-order valence-electron chi connectivity index (χ4n) is 2.57. The van der Waals surface area contributed by atoms with Crippen LogP contribution in [0, 0.1) is 0 Å². The van der Waals surface area contributed by atoms with Gasteiger partial charge in [-0.3, -0.25) is 0 Å². The average Bonchev–Trinajstić information content (AvgIpc) is 2.54. The third-order valence-corrected chi connectivity index (χ3v) is 5.59. The van der Waals surface area contributed by atoms with Crippen LogP contribution in [0.2, 0.25) is 0 Å². The summed E-state index contributed by atoms with van der Waals surface area (Å²) in [5, 5.41) is 0. The van der Waals surface area contributed by atoms with Crippen LogP contribution in [0.25, 0.3) is 0 Å². The van der Waals surface area contributed by atoms with Crippen molar-refractivity contribution in [2.75, 3.05) is 6.61 Å². The second kappa shape index (κ2) is 7.58. The summed E-state index contributed by atoms with van der Waals surface area (Å²) in [6.45, 7) is 10.2. The Balaban J connectivity index is 2.42. The normalized spacial score (nSPS) is 13.5. The second-order valence-electron chi connectivity index (χ2n) is 7.10. The van der Waals surface area contributed by atoms with Crippen LogP contribution in [0.4, 0.5) is 0 Å². The third kappa shape index (κ3) is 4.83. The van der Waals surface area contributed by atoms with Crippen LogP contribution in [0.1, 0.15) is 51.8 Å². The van der Waals surface area contributed by atoms with Crippen molar-refractivity contribution < 1.29 is 13.2 Å². The van der Waals surface area contributed by atoms with Crippen molar-refractivity contribution in [3.8, 4) is 5.75 Å². The minimum absolute atomic E-state index is 0.153. The van der Waals surface area contributed by atoms with Gasteiger partial charge in [0.25, 0.3) is 0 Å². The van der Waals surface area contributed by atoms with E-state index in [1.165, 1.54) is 0 Å². The zero-order valence-corrected chi connectivity index (χ0v) is 16.4. The first kappa shape index (κ1) is 19.5. The van der Waals surface area contributed by atoms with Gasteiger partial charge in [-0.25, -0.2) is 13.1 Å². The van der Waals surface area contributed by atoms with Gasteiger partial charge < -0.3 is 4.74 Å². The van der Waals surface area contributed by atoms with Crippen molar-refractivity contribution in [2.24, 2.45) is 0 Å². The van der Waals surface area contributed by atoms with Gasteiger partial charge in [-0.2, -0.15) is 0 Å². The molecule has 0 saturated carbocycles. The van der Waals surface area contributed by atoms with Crippen molar-refractivity contribution in [2.45, 2.75) is 51.0 Å². The Labute approximate surface area is 151 Å². The molecule has 25 heavy (non-hydrogen) atoms. The monoisotopic (exact) mass is 361 g/mol. The molecule has 5 heteroatoms. The highest BCUT2D eigenvalue weighted by Crippen LogP contribution is 2.31. The Morgan fingerprint density at radius 2 is 1.72 bits per heavy atom. The van der Waals surface area contributed by atoms with Crippen LogP contribution in [0.3, 0.4) is 0 Å². The van der Waals surface area contributed by atoms with E-state index in [2.05, 4.69) is 25.5 Å². The maximum absolute atomic E-state index is 13.0. The van der Waals surface area contributed by atoms with E-state index in [-0.39, 0.29) is 16.4 Å². The first-order valence-corrected chi connectivity index (χ1v) is 9.98. The summed E-state index contributed by atoms with van der Waals surface area (Å²) in [4.78, 5) is 0.185. The van der Waals surface area contributed by atoms with E-state index in [0.29, 0.717) is 12.4 Å². The van der Waals surface area contributed by atoms with Crippen LogP contribution in [0.15, 0.2) is 53.4 Å². The molecule has 2 aromatic rings. The van der Waals surface area contributed by atoms with Crippen LogP contribution >= 0.6 is 0 Å². The molecule has 0 radical (unpaired) electrons. The lowest BCUT2D eigenvalue weighted by Crippen LogP contribution is -2.28. The highest BCUT2D eigenvalue weighted by molar-refractivity contribution is 7.89. The molecule has 0 amide bonds. The van der Waals surface area contributed by atoms with Gasteiger partial charge in [0.2, 0.25) is 10.0 Å². The molecule has 0 bridgehead atoms. The molecule has 4 nitrogen and oxygen atoms in total. The van der Waals surface area contributed by atoms with E-state index in [9.17, 15) is 8.42 Å². The van der Waals surface area contributed by atoms with E-state index in [4.69, 9.17) is 4.74 Å². The molecule has 0 aliphatic carbocycles. The quantitative estimate of drug-likeness (QED) is 0.828. The summed E-state index contributed by atoms with van der Waals surface area (Å²) in [6.07, 6.45) is 0. The number of hydrogen-bond acceptors (Lipinski definition) is 3. The lowest BCUT2D eigenvalue weighted by atomic mass is 9.87. The molecule has 0 spiro atoms. The maximum Gasteiger partial charge on any atom is 0.244 e. The molecule has 0 saturated heterocycles. The zero-order chi connectivity index (χ0) is 18.7. The summed E-state index contributed by atoms with van der Waals surface area (Å²) in [6, 6.07) is 14.5. The predicted octanol–water partition coefficient (Wildman–Crippen LogP) is 4.42. The molecule has 0 heterocycles. The van der Waals surface area contributed by atoms with Gasteiger partial charge in [-0.15, -0.1) is 0 Å². The minimum atomic E-state index is -3.72. The summed E-state index contributed by atoms with van der Waals surface area (Å²) < 4.78 is 34.3. The van der Waals surface area contributed by atoms with Crippen LogP contribution in [-0.2, 0) is 15.4 Å². The molecule has 0 fully saturated rings. The molecular weight excluding hydrogens is 334 g/mol. The summed E-state index contributed by atoms with van der Waals surface area (Å²) in [5.41, 5.74) is 1.71. The highest BCUT2D eigenvalue weighted by Gasteiger charge is 2.25. The lowest BCUT2D eigenvalue weighted by molar-refractivity contribution is 0.330. The lowest BCUT2D eigenvalue weighted by Gasteiger charge is -2.22. The van der Waals surface area contributed by atoms with Crippen LogP contribution in [-0.4, -0.2) is 15.0 Å². The SMILES string of the molecule is CCOc1ccc(C(C)(C)C)cc1S(=O)(=O)N[C@@H](C)c1ccccc1. The van der Waals surface area contributed by atoms with Crippen LogP contribution < -0.4 is 9.46 Å². The largest absolute Gasteiger partial charge is 0.492 e. The molecule has 2 rings (SSSR count). The smallest absolute Gasteiger partial charge is 0.244 e. The Bertz CT molecular complexity index is 809. The van der Waals surface area contributed by atoms with Gasteiger partial charge in [-0.1, -0.05) is 57.2 Å². The van der Waals surface area contributed by atoms with E-state index < -0.39 is 10.0 Å². The highest BCUT2D eigenvalue weighted by atomic mass is 32.2. The molecule has 0 aliphatic heterocycles. The standard InChI is InChI=1S/C20H27NO3S/c1-6-24-18-13-12-17(20(3,4)5)14-19(18)25(22,23)21-15(2)16-10-8-7-9-11-16/h7-15,21H,6H2,1-5H3/t15-/m0/s1. The number of nitrogens with one attached hydrogen (secondary N) is 1. The molecule has 0 aliphatic rings. The first-order chi connectivity index (χ1) is 11.6. The Kier molecular flexibility index (Phi) is 5.91. The molecular formula is C20H27NO3S. The fourth-order valence-corrected chi connectivity index (χ4v) is 3.97. The molecule has 0 aromatic heterocycles. The van der Waals surface area contributed by atoms with Crippen LogP contribution in [0.5, 0.6) is 5.75 Å². The Morgan fingerprint density at radius 3 is 2.28 bits per heavy atom. The van der Waals surface area contributed by atoms with Crippen molar-refractivity contribution >= 4 is 10.0 Å². The van der Waals surface area contributed by atoms with Crippen molar-refractivity contribution in [1.29, 1.82) is 0 Å². The zero-order valence-electron chi connectivity index (χ0n) is 15.5. The minimum Gasteiger partial charge on any atom is -0.492 e. The molecule has 2 aromatic carbocycles. The number of sulfonamides is 1. The average molecular weight is 362 g/mol. The van der Waals surface area contributed by atoms with Crippen molar-refractivity contribution in [1.82, 2.24) is 4.72 Å². The number of benzene rings is 2. The second-order valence-corrected chi connectivity index (χ2v) is 8.78. The van der Waals surface area contributed by atoms with Gasteiger partial charge in [0.15, 0.2) is 0 Å². The first-order valence-electron chi connectivity index (χ1n) is 8.49. The van der Waals surface area contributed by atoms with Gasteiger partial charge in [-0.05, 0) is 42.5 Å². The van der Waals surface area contributed by atoms with Gasteiger partial charge in [0.1, 0.15) is 10.6 Å². The topological polar surface area (TPSA) is 55.4 Å².